The maximum absolute atomic E-state index is 13.0. The molecule has 0 unspecified atom stereocenters. The van der Waals surface area contributed by atoms with E-state index in [2.05, 4.69) is 16.0 Å². The predicted molar refractivity (Wildman–Crippen MR) is 113 cm³/mol. The molecule has 9 nitrogen and oxygen atoms in total. The van der Waals surface area contributed by atoms with E-state index in [1.165, 1.54) is 4.90 Å². The van der Waals surface area contributed by atoms with Crippen molar-refractivity contribution in [3.8, 4) is 0 Å². The standard InChI is InChI=1S/C21H30N4O5/c1-5-12(3)17(19(27)23-18(20(28)29)13(4)6-2)24-21(30)25-11-16(26)22-14-9-7-8-10-15(14)25/h7-10,12-13,17-18H,5-6,11H2,1-4H3,(H,22,26)(H,23,27)(H,24,30)(H,28,29)/t12-,13+,17-,18-/m0/s1. The number of nitrogens with one attached hydrogen (secondary N) is 3. The summed E-state index contributed by atoms with van der Waals surface area (Å²) < 4.78 is 0. The van der Waals surface area contributed by atoms with Gasteiger partial charge in [0.15, 0.2) is 0 Å². The van der Waals surface area contributed by atoms with Gasteiger partial charge in [0.25, 0.3) is 0 Å². The summed E-state index contributed by atoms with van der Waals surface area (Å²) in [6.45, 7) is 7.10. The first kappa shape index (κ1) is 23.2. The molecule has 4 amide bonds. The molecule has 0 radical (unpaired) electrons. The quantitative estimate of drug-likeness (QED) is 0.514. The number of urea groups is 1. The highest BCUT2D eigenvalue weighted by Crippen LogP contribution is 2.29. The molecule has 4 N–H and O–H groups in total. The van der Waals surface area contributed by atoms with Gasteiger partial charge in [0.2, 0.25) is 11.8 Å². The Morgan fingerprint density at radius 2 is 1.67 bits per heavy atom. The Kier molecular flexibility index (Phi) is 7.79. The minimum atomic E-state index is -1.12. The zero-order chi connectivity index (χ0) is 22.4. The summed E-state index contributed by atoms with van der Waals surface area (Å²) in [5.41, 5.74) is 1.04. The Labute approximate surface area is 176 Å². The van der Waals surface area contributed by atoms with Crippen LogP contribution in [0.2, 0.25) is 0 Å². The molecule has 0 saturated heterocycles. The fraction of sp³-hybridized carbons (Fsp3) is 0.524. The zero-order valence-electron chi connectivity index (χ0n) is 17.8. The number of anilines is 2. The Bertz CT molecular complexity index is 812. The normalized spacial score (nSPS) is 17.1. The second-order valence-corrected chi connectivity index (χ2v) is 7.67. The third-order valence-corrected chi connectivity index (χ3v) is 5.57. The zero-order valence-corrected chi connectivity index (χ0v) is 17.8. The van der Waals surface area contributed by atoms with Crippen molar-refractivity contribution in [3.63, 3.8) is 0 Å². The smallest absolute Gasteiger partial charge is 0.326 e. The molecule has 1 aliphatic heterocycles. The maximum atomic E-state index is 13.0. The summed E-state index contributed by atoms with van der Waals surface area (Å²) >= 11 is 0. The van der Waals surface area contributed by atoms with Gasteiger partial charge < -0.3 is 21.1 Å². The molecule has 2 rings (SSSR count). The van der Waals surface area contributed by atoms with E-state index in [4.69, 9.17) is 0 Å². The number of carboxylic acids is 1. The van der Waals surface area contributed by atoms with E-state index in [1.54, 1.807) is 38.1 Å². The largest absolute Gasteiger partial charge is 0.480 e. The molecule has 0 fully saturated rings. The van der Waals surface area contributed by atoms with E-state index < -0.39 is 30.0 Å². The summed E-state index contributed by atoms with van der Waals surface area (Å²) in [7, 11) is 0. The van der Waals surface area contributed by atoms with Crippen molar-refractivity contribution in [3.05, 3.63) is 24.3 Å². The number of carbonyl (C=O) groups excluding carboxylic acids is 3. The molecule has 164 valence electrons. The molecule has 0 spiro atoms. The molecule has 9 heteroatoms. The number of carboxylic acid groups (broad SMARTS) is 1. The highest BCUT2D eigenvalue weighted by molar-refractivity contribution is 6.10. The fourth-order valence-corrected chi connectivity index (χ4v) is 3.25. The number of nitrogens with zero attached hydrogens (tertiary/aromatic N) is 1. The van der Waals surface area contributed by atoms with Crippen LogP contribution in [0.15, 0.2) is 24.3 Å². The summed E-state index contributed by atoms with van der Waals surface area (Å²) in [6.07, 6.45) is 1.17. The number of rotatable bonds is 8. The highest BCUT2D eigenvalue weighted by Gasteiger charge is 2.34. The fourth-order valence-electron chi connectivity index (χ4n) is 3.25. The van der Waals surface area contributed by atoms with E-state index in [1.807, 2.05) is 13.8 Å². The number of hydrogen-bond donors (Lipinski definition) is 4. The number of fused-ring (bicyclic) bond motifs is 1. The van der Waals surface area contributed by atoms with E-state index in [0.29, 0.717) is 24.2 Å². The lowest BCUT2D eigenvalue weighted by atomic mass is 9.95. The number of carbonyl (C=O) groups is 4. The molecule has 0 saturated carbocycles. The first-order valence-electron chi connectivity index (χ1n) is 10.2. The van der Waals surface area contributed by atoms with Crippen molar-refractivity contribution < 1.29 is 24.3 Å². The van der Waals surface area contributed by atoms with Gasteiger partial charge in [-0.25, -0.2) is 9.59 Å². The number of para-hydroxylation sites is 2. The minimum absolute atomic E-state index is 0.178. The SMILES string of the molecule is CC[C@@H](C)[C@H](NC(=O)[C@@H](NC(=O)N1CC(=O)Nc2ccccc21)[C@@H](C)CC)C(=O)O. The van der Waals surface area contributed by atoms with Crippen LogP contribution in [0.1, 0.15) is 40.5 Å². The van der Waals surface area contributed by atoms with Gasteiger partial charge in [-0.15, -0.1) is 0 Å². The molecular formula is C21H30N4O5. The van der Waals surface area contributed by atoms with Crippen LogP contribution in [-0.4, -0.2) is 47.5 Å². The number of amides is 4. The third kappa shape index (κ3) is 5.28. The molecule has 1 aromatic carbocycles. The van der Waals surface area contributed by atoms with Crippen LogP contribution in [-0.2, 0) is 14.4 Å². The molecule has 0 aliphatic carbocycles. The van der Waals surface area contributed by atoms with E-state index in [-0.39, 0.29) is 24.3 Å². The highest BCUT2D eigenvalue weighted by atomic mass is 16.4. The topological polar surface area (TPSA) is 128 Å². The number of benzene rings is 1. The summed E-state index contributed by atoms with van der Waals surface area (Å²) in [6, 6.07) is 4.31. The van der Waals surface area contributed by atoms with Crippen molar-refractivity contribution >= 4 is 35.2 Å². The molecular weight excluding hydrogens is 388 g/mol. The number of aliphatic carboxylic acids is 1. The predicted octanol–water partition coefficient (Wildman–Crippen LogP) is 2.18. The Morgan fingerprint density at radius 1 is 1.07 bits per heavy atom. The average molecular weight is 418 g/mol. The van der Waals surface area contributed by atoms with Gasteiger partial charge in [-0.1, -0.05) is 52.7 Å². The van der Waals surface area contributed by atoms with Crippen molar-refractivity contribution in [1.82, 2.24) is 10.6 Å². The average Bonchev–Trinajstić information content (AvgIpc) is 2.73. The van der Waals surface area contributed by atoms with Crippen LogP contribution in [0.25, 0.3) is 0 Å². The summed E-state index contributed by atoms with van der Waals surface area (Å²) in [5.74, 6) is -2.52. The molecule has 30 heavy (non-hydrogen) atoms. The summed E-state index contributed by atoms with van der Waals surface area (Å²) in [4.78, 5) is 50.8. The Morgan fingerprint density at radius 3 is 2.27 bits per heavy atom. The molecule has 0 bridgehead atoms. The van der Waals surface area contributed by atoms with Crippen molar-refractivity contribution in [2.24, 2.45) is 11.8 Å². The van der Waals surface area contributed by atoms with Gasteiger partial charge in [-0.2, -0.15) is 0 Å². The first-order valence-corrected chi connectivity index (χ1v) is 10.2. The van der Waals surface area contributed by atoms with Crippen molar-refractivity contribution in [2.45, 2.75) is 52.6 Å². The minimum Gasteiger partial charge on any atom is -0.480 e. The van der Waals surface area contributed by atoms with Gasteiger partial charge in [0.05, 0.1) is 11.4 Å². The third-order valence-electron chi connectivity index (χ3n) is 5.57. The first-order chi connectivity index (χ1) is 14.2. The van der Waals surface area contributed by atoms with Gasteiger partial charge >= 0.3 is 12.0 Å². The lowest BCUT2D eigenvalue weighted by Gasteiger charge is -2.32. The van der Waals surface area contributed by atoms with Crippen LogP contribution in [0.5, 0.6) is 0 Å². The van der Waals surface area contributed by atoms with Gasteiger partial charge in [-0.3, -0.25) is 14.5 Å². The van der Waals surface area contributed by atoms with Gasteiger partial charge in [0, 0.05) is 0 Å². The molecule has 1 aromatic rings. The monoisotopic (exact) mass is 418 g/mol. The lowest BCUT2D eigenvalue weighted by molar-refractivity contribution is -0.143. The summed E-state index contributed by atoms with van der Waals surface area (Å²) in [5, 5.41) is 17.4. The number of hydrogen-bond acceptors (Lipinski definition) is 4. The second-order valence-electron chi connectivity index (χ2n) is 7.67. The van der Waals surface area contributed by atoms with Gasteiger partial charge in [-0.05, 0) is 24.0 Å². The molecule has 0 aromatic heterocycles. The van der Waals surface area contributed by atoms with Crippen LogP contribution < -0.4 is 20.9 Å². The van der Waals surface area contributed by atoms with E-state index >= 15 is 0 Å². The Hall–Kier alpha value is -3.10. The second kappa shape index (κ2) is 10.1. The van der Waals surface area contributed by atoms with Crippen LogP contribution in [0, 0.1) is 11.8 Å². The van der Waals surface area contributed by atoms with Crippen LogP contribution in [0.4, 0.5) is 16.2 Å². The molecule has 4 atom stereocenters. The van der Waals surface area contributed by atoms with E-state index in [0.717, 1.165) is 0 Å². The Balaban J connectivity index is 2.22. The van der Waals surface area contributed by atoms with Crippen LogP contribution >= 0.6 is 0 Å². The lowest BCUT2D eigenvalue weighted by Crippen LogP contribution is -2.58. The molecule has 1 aliphatic rings. The molecule has 1 heterocycles. The van der Waals surface area contributed by atoms with Crippen molar-refractivity contribution in [2.75, 3.05) is 16.8 Å². The van der Waals surface area contributed by atoms with Crippen molar-refractivity contribution in [1.29, 1.82) is 0 Å². The van der Waals surface area contributed by atoms with Crippen LogP contribution in [0.3, 0.4) is 0 Å². The maximum Gasteiger partial charge on any atom is 0.326 e. The van der Waals surface area contributed by atoms with Gasteiger partial charge in [0.1, 0.15) is 18.6 Å². The van der Waals surface area contributed by atoms with E-state index in [9.17, 15) is 24.3 Å².